The van der Waals surface area contributed by atoms with E-state index in [0.717, 1.165) is 47.3 Å². The predicted molar refractivity (Wildman–Crippen MR) is 116 cm³/mol. The normalized spacial score (nSPS) is 14.1. The molecule has 0 fully saturated rings. The smallest absolute Gasteiger partial charge is 0.376 e. The lowest BCUT2D eigenvalue weighted by molar-refractivity contribution is 0.0509. The highest BCUT2D eigenvalue weighted by molar-refractivity contribution is 7.18. The molecule has 0 bridgehead atoms. The van der Waals surface area contributed by atoms with Crippen LogP contribution in [0.25, 0.3) is 21.7 Å². The van der Waals surface area contributed by atoms with Crippen molar-refractivity contribution in [2.24, 2.45) is 0 Å². The first kappa shape index (κ1) is 19.0. The summed E-state index contributed by atoms with van der Waals surface area (Å²) in [4.78, 5) is 33.0. The highest BCUT2D eigenvalue weighted by Gasteiger charge is 2.26. The van der Waals surface area contributed by atoms with Gasteiger partial charge in [0.15, 0.2) is 0 Å². The average Bonchev–Trinajstić information content (AvgIpc) is 3.20. The molecule has 7 nitrogen and oxygen atoms in total. The van der Waals surface area contributed by atoms with Gasteiger partial charge in [-0.05, 0) is 57.2 Å². The first-order valence-electron chi connectivity index (χ1n) is 10.3. The lowest BCUT2D eigenvalue weighted by Gasteiger charge is -2.03. The summed E-state index contributed by atoms with van der Waals surface area (Å²) in [7, 11) is 0. The molecule has 1 aliphatic carbocycles. The summed E-state index contributed by atoms with van der Waals surface area (Å²) in [6.07, 6.45) is 5.21. The molecule has 0 atom stereocenters. The minimum absolute atomic E-state index is 0.0413. The minimum Gasteiger partial charge on any atom is -0.460 e. The zero-order valence-corrected chi connectivity index (χ0v) is 17.8. The van der Waals surface area contributed by atoms with E-state index in [-0.39, 0.29) is 18.0 Å². The molecule has 0 radical (unpaired) electrons. The Morgan fingerprint density at radius 2 is 1.93 bits per heavy atom. The van der Waals surface area contributed by atoms with Gasteiger partial charge in [0.2, 0.25) is 11.6 Å². The number of fused-ring (bicyclic) bond motifs is 4. The van der Waals surface area contributed by atoms with Crippen LogP contribution < -0.4 is 5.56 Å². The highest BCUT2D eigenvalue weighted by atomic mass is 32.1. The zero-order valence-electron chi connectivity index (χ0n) is 17.0. The molecule has 8 heteroatoms. The second-order valence-electron chi connectivity index (χ2n) is 7.59. The summed E-state index contributed by atoms with van der Waals surface area (Å²) in [6, 6.07) is 7.72. The summed E-state index contributed by atoms with van der Waals surface area (Å²) < 4.78 is 8.06. The number of carbonyl (C=O) groups excluding carboxylic acids is 1. The molecule has 0 saturated heterocycles. The Bertz CT molecular complexity index is 1330. The number of hydrogen-bond acceptors (Lipinski definition) is 6. The van der Waals surface area contributed by atoms with Crippen molar-refractivity contribution < 1.29 is 9.53 Å². The van der Waals surface area contributed by atoms with Gasteiger partial charge in [-0.3, -0.25) is 4.79 Å². The number of carbonyl (C=O) groups is 1. The summed E-state index contributed by atoms with van der Waals surface area (Å²) >= 11 is 1.59. The Hall–Kier alpha value is -3.00. The largest absolute Gasteiger partial charge is 0.460 e. The highest BCUT2D eigenvalue weighted by Crippen LogP contribution is 2.33. The summed E-state index contributed by atoms with van der Waals surface area (Å²) in [5.41, 5.74) is 2.70. The van der Waals surface area contributed by atoms with E-state index in [2.05, 4.69) is 5.10 Å². The fourth-order valence-corrected chi connectivity index (χ4v) is 5.32. The quantitative estimate of drug-likeness (QED) is 0.370. The van der Waals surface area contributed by atoms with Crippen molar-refractivity contribution >= 4 is 33.3 Å². The summed E-state index contributed by atoms with van der Waals surface area (Å²) in [6.45, 7) is 3.94. The lowest BCUT2D eigenvalue weighted by Crippen LogP contribution is -2.21. The number of esters is 1. The first-order chi connectivity index (χ1) is 14.6. The van der Waals surface area contributed by atoms with Gasteiger partial charge in [0.25, 0.3) is 5.56 Å². The molecule has 1 aromatic carbocycles. The van der Waals surface area contributed by atoms with Gasteiger partial charge in [0.05, 0.1) is 17.7 Å². The Balaban J connectivity index is 1.85. The molecule has 30 heavy (non-hydrogen) atoms. The van der Waals surface area contributed by atoms with Crippen LogP contribution in [0.5, 0.6) is 0 Å². The summed E-state index contributed by atoms with van der Waals surface area (Å²) in [5.74, 6) is -0.339. The monoisotopic (exact) mass is 422 g/mol. The van der Waals surface area contributed by atoms with Crippen molar-refractivity contribution in [3.63, 3.8) is 0 Å². The van der Waals surface area contributed by atoms with Crippen molar-refractivity contribution in [1.29, 1.82) is 0 Å². The maximum absolute atomic E-state index is 13.6. The van der Waals surface area contributed by atoms with Crippen molar-refractivity contribution in [3.05, 3.63) is 56.4 Å². The van der Waals surface area contributed by atoms with Gasteiger partial charge in [0, 0.05) is 4.88 Å². The number of ether oxygens (including phenoxy) is 1. The second kappa shape index (κ2) is 7.36. The van der Waals surface area contributed by atoms with Crippen molar-refractivity contribution in [2.75, 3.05) is 6.61 Å². The van der Waals surface area contributed by atoms with Crippen molar-refractivity contribution in [2.45, 2.75) is 46.0 Å². The molecule has 0 spiro atoms. The minimum atomic E-state index is -0.627. The van der Waals surface area contributed by atoms with Crippen LogP contribution in [0.2, 0.25) is 0 Å². The van der Waals surface area contributed by atoms with E-state index in [9.17, 15) is 9.59 Å². The third-order valence-corrected chi connectivity index (χ3v) is 6.74. The van der Waals surface area contributed by atoms with Gasteiger partial charge >= 0.3 is 5.97 Å². The van der Waals surface area contributed by atoms with Crippen LogP contribution in [0.3, 0.4) is 0 Å². The Morgan fingerprint density at radius 1 is 1.17 bits per heavy atom. The molecule has 5 rings (SSSR count). The molecule has 4 aromatic rings. The second-order valence-corrected chi connectivity index (χ2v) is 8.67. The fraction of sp³-hybridized carbons (Fsp3) is 0.364. The van der Waals surface area contributed by atoms with Gasteiger partial charge in [-0.1, -0.05) is 24.1 Å². The zero-order chi connectivity index (χ0) is 20.8. The maximum atomic E-state index is 13.6. The SMILES string of the molecule is CCOC(=O)c1nn(-c2ccc(C)cc2)c2nc3sc4c(c3c(=O)n12)CCCCC4. The molecule has 0 amide bonds. The van der Waals surface area contributed by atoms with Crippen LogP contribution in [0.15, 0.2) is 29.1 Å². The van der Waals surface area contributed by atoms with Gasteiger partial charge in [-0.2, -0.15) is 4.68 Å². The number of thiophene rings is 1. The molecule has 3 aromatic heterocycles. The standard InChI is InChI=1S/C22H22N4O3S/c1-3-29-21(28)18-24-26(14-11-9-13(2)10-12-14)22-23-19-17(20(27)25(18)22)15-7-5-4-6-8-16(15)30-19/h9-12H,3-8H2,1-2H3. The third kappa shape index (κ3) is 2.94. The summed E-state index contributed by atoms with van der Waals surface area (Å²) in [5, 5.41) is 5.08. The van der Waals surface area contributed by atoms with Gasteiger partial charge in [-0.15, -0.1) is 16.4 Å². The molecule has 0 N–H and O–H groups in total. The van der Waals surface area contributed by atoms with Crippen LogP contribution >= 0.6 is 11.3 Å². The first-order valence-corrected chi connectivity index (χ1v) is 11.1. The molecule has 1 aliphatic rings. The topological polar surface area (TPSA) is 78.5 Å². The third-order valence-electron chi connectivity index (χ3n) is 5.55. The van der Waals surface area contributed by atoms with Crippen LogP contribution in [0.1, 0.15) is 52.8 Å². The van der Waals surface area contributed by atoms with Gasteiger partial charge in [0.1, 0.15) is 4.83 Å². The van der Waals surface area contributed by atoms with E-state index >= 15 is 0 Å². The van der Waals surface area contributed by atoms with Crippen molar-refractivity contribution in [3.8, 4) is 5.69 Å². The molecular weight excluding hydrogens is 400 g/mol. The van der Waals surface area contributed by atoms with Gasteiger partial charge < -0.3 is 4.74 Å². The average molecular weight is 423 g/mol. The van der Waals surface area contributed by atoms with E-state index in [4.69, 9.17) is 9.72 Å². The molecule has 0 saturated carbocycles. The number of aromatic nitrogens is 4. The Labute approximate surface area is 176 Å². The molecule has 154 valence electrons. The van der Waals surface area contributed by atoms with E-state index in [1.165, 1.54) is 15.7 Å². The number of hydrogen-bond donors (Lipinski definition) is 0. The molecular formula is C22H22N4O3S. The van der Waals surface area contributed by atoms with Crippen LogP contribution in [-0.4, -0.2) is 31.7 Å². The molecule has 3 heterocycles. The van der Waals surface area contributed by atoms with E-state index < -0.39 is 5.97 Å². The predicted octanol–water partition coefficient (Wildman–Crippen LogP) is 3.85. The van der Waals surface area contributed by atoms with E-state index in [1.54, 1.807) is 22.9 Å². The number of rotatable bonds is 3. The fourth-order valence-electron chi connectivity index (χ4n) is 4.08. The number of nitrogens with zero attached hydrogens (tertiary/aromatic N) is 4. The van der Waals surface area contributed by atoms with Crippen LogP contribution in [0.4, 0.5) is 0 Å². The van der Waals surface area contributed by atoms with Gasteiger partial charge in [-0.25, -0.2) is 14.2 Å². The van der Waals surface area contributed by atoms with Crippen LogP contribution in [0, 0.1) is 6.92 Å². The van der Waals surface area contributed by atoms with E-state index in [1.807, 2.05) is 31.2 Å². The van der Waals surface area contributed by atoms with Crippen LogP contribution in [-0.2, 0) is 17.6 Å². The molecule has 0 aliphatic heterocycles. The van der Waals surface area contributed by atoms with Crippen molar-refractivity contribution in [1.82, 2.24) is 19.2 Å². The maximum Gasteiger partial charge on any atom is 0.376 e. The Morgan fingerprint density at radius 3 is 2.70 bits per heavy atom. The molecule has 0 unspecified atom stereocenters. The lowest BCUT2D eigenvalue weighted by atomic mass is 10.1. The number of benzene rings is 1. The van der Waals surface area contributed by atoms with E-state index in [0.29, 0.717) is 11.2 Å². The Kier molecular flexibility index (Phi) is 4.66. The number of aryl methyl sites for hydroxylation is 3.